The van der Waals surface area contributed by atoms with Crippen LogP contribution in [0.2, 0.25) is 10.0 Å². The van der Waals surface area contributed by atoms with E-state index in [0.717, 1.165) is 11.4 Å². The van der Waals surface area contributed by atoms with Crippen molar-refractivity contribution in [2.24, 2.45) is 0 Å². The predicted octanol–water partition coefficient (Wildman–Crippen LogP) is 5.31. The second-order valence-corrected chi connectivity index (χ2v) is 5.14. The molecule has 0 aromatic heterocycles. The van der Waals surface area contributed by atoms with Crippen molar-refractivity contribution < 1.29 is 9.13 Å². The zero-order valence-corrected chi connectivity index (χ0v) is 12.6. The largest absolute Gasteiger partial charge is 0.497 e. The normalized spacial score (nSPS) is 12.1. The summed E-state index contributed by atoms with van der Waals surface area (Å²) in [4.78, 5) is 0. The van der Waals surface area contributed by atoms with Gasteiger partial charge in [-0.1, -0.05) is 23.2 Å². The Bertz CT molecular complexity index is 602. The summed E-state index contributed by atoms with van der Waals surface area (Å²) in [5, 5.41) is 3.71. The summed E-state index contributed by atoms with van der Waals surface area (Å²) < 4.78 is 18.6. The van der Waals surface area contributed by atoms with Gasteiger partial charge in [0.1, 0.15) is 11.6 Å². The van der Waals surface area contributed by atoms with Gasteiger partial charge in [0.25, 0.3) is 0 Å². The van der Waals surface area contributed by atoms with E-state index >= 15 is 0 Å². The van der Waals surface area contributed by atoms with E-state index in [4.69, 9.17) is 27.9 Å². The number of hydrogen-bond donors (Lipinski definition) is 1. The number of halogens is 3. The average Bonchev–Trinajstić information content (AvgIpc) is 2.44. The van der Waals surface area contributed by atoms with Gasteiger partial charge in [-0.3, -0.25) is 0 Å². The molecule has 0 amide bonds. The van der Waals surface area contributed by atoms with Gasteiger partial charge in [-0.25, -0.2) is 4.39 Å². The fourth-order valence-electron chi connectivity index (χ4n) is 1.95. The Kier molecular flexibility index (Phi) is 4.73. The third-order valence-corrected chi connectivity index (χ3v) is 3.70. The van der Waals surface area contributed by atoms with Crippen LogP contribution in [0.15, 0.2) is 36.4 Å². The van der Waals surface area contributed by atoms with Gasteiger partial charge in [0.2, 0.25) is 0 Å². The molecule has 0 fully saturated rings. The number of rotatable bonds is 4. The molecule has 20 heavy (non-hydrogen) atoms. The predicted molar refractivity (Wildman–Crippen MR) is 81.5 cm³/mol. The molecule has 0 spiro atoms. The van der Waals surface area contributed by atoms with Gasteiger partial charge >= 0.3 is 0 Å². The van der Waals surface area contributed by atoms with Crippen LogP contribution in [0.4, 0.5) is 10.1 Å². The maximum Gasteiger partial charge on any atom is 0.142 e. The second kappa shape index (κ2) is 6.33. The van der Waals surface area contributed by atoms with E-state index in [1.54, 1.807) is 7.11 Å². The minimum atomic E-state index is -0.477. The van der Waals surface area contributed by atoms with Crippen LogP contribution in [0.5, 0.6) is 5.75 Å². The Morgan fingerprint density at radius 2 is 1.75 bits per heavy atom. The Morgan fingerprint density at radius 1 is 1.10 bits per heavy atom. The minimum absolute atomic E-state index is 0.0472. The van der Waals surface area contributed by atoms with Crippen LogP contribution >= 0.6 is 23.2 Å². The van der Waals surface area contributed by atoms with Crippen LogP contribution in [-0.2, 0) is 0 Å². The highest BCUT2D eigenvalue weighted by Crippen LogP contribution is 2.34. The Hall–Kier alpha value is -1.45. The van der Waals surface area contributed by atoms with E-state index in [0.29, 0.717) is 10.6 Å². The van der Waals surface area contributed by atoms with E-state index in [1.165, 1.54) is 12.1 Å². The van der Waals surface area contributed by atoms with Crippen LogP contribution < -0.4 is 10.1 Å². The van der Waals surface area contributed by atoms with Crippen molar-refractivity contribution in [3.63, 3.8) is 0 Å². The van der Waals surface area contributed by atoms with Crippen molar-refractivity contribution in [1.82, 2.24) is 0 Å². The molecule has 0 aliphatic rings. The van der Waals surface area contributed by atoms with Gasteiger partial charge in [0.15, 0.2) is 0 Å². The maximum atomic E-state index is 13.5. The Labute approximate surface area is 127 Å². The molecule has 0 aliphatic carbocycles. The van der Waals surface area contributed by atoms with Gasteiger partial charge in [-0.05, 0) is 43.3 Å². The summed E-state index contributed by atoms with van der Waals surface area (Å²) >= 11 is 12.1. The summed E-state index contributed by atoms with van der Waals surface area (Å²) in [5.41, 5.74) is 1.42. The van der Waals surface area contributed by atoms with Crippen molar-refractivity contribution in [3.8, 4) is 5.75 Å². The summed E-state index contributed by atoms with van der Waals surface area (Å²) in [7, 11) is 1.61. The molecule has 0 saturated carbocycles. The highest BCUT2D eigenvalue weighted by Gasteiger charge is 2.16. The van der Waals surface area contributed by atoms with E-state index in [1.807, 2.05) is 31.2 Å². The topological polar surface area (TPSA) is 21.3 Å². The zero-order chi connectivity index (χ0) is 14.7. The molecule has 0 bridgehead atoms. The summed E-state index contributed by atoms with van der Waals surface area (Å²) in [5.74, 6) is 0.291. The number of nitrogens with one attached hydrogen (secondary N) is 1. The maximum absolute atomic E-state index is 13.5. The average molecular weight is 314 g/mol. The van der Waals surface area contributed by atoms with Crippen molar-refractivity contribution in [2.45, 2.75) is 13.0 Å². The van der Waals surface area contributed by atoms with Gasteiger partial charge in [-0.2, -0.15) is 0 Å². The lowest BCUT2D eigenvalue weighted by Crippen LogP contribution is -2.08. The molecule has 2 rings (SSSR count). The molecule has 2 nitrogen and oxygen atoms in total. The Balaban J connectivity index is 2.23. The first-order valence-corrected chi connectivity index (χ1v) is 6.82. The SMILES string of the molecule is COc1ccc(NC(C)c2c(Cl)ccc(F)c2Cl)cc1. The fraction of sp³-hybridized carbons (Fsp3) is 0.200. The number of methoxy groups -OCH3 is 1. The zero-order valence-electron chi connectivity index (χ0n) is 11.1. The third kappa shape index (κ3) is 3.17. The standard InChI is InChI=1S/C15H14Cl2FNO/c1-9(14-12(16)7-8-13(18)15(14)17)19-10-3-5-11(20-2)6-4-10/h3-9,19H,1-2H3. The minimum Gasteiger partial charge on any atom is -0.497 e. The second-order valence-electron chi connectivity index (χ2n) is 4.35. The summed E-state index contributed by atoms with van der Waals surface area (Å²) in [6.07, 6.45) is 0. The van der Waals surface area contributed by atoms with Gasteiger partial charge < -0.3 is 10.1 Å². The molecule has 2 aromatic rings. The lowest BCUT2D eigenvalue weighted by molar-refractivity contribution is 0.415. The number of hydrogen-bond acceptors (Lipinski definition) is 2. The van der Waals surface area contributed by atoms with Crippen molar-refractivity contribution in [1.29, 1.82) is 0 Å². The lowest BCUT2D eigenvalue weighted by Gasteiger charge is -2.19. The van der Waals surface area contributed by atoms with Crippen molar-refractivity contribution >= 4 is 28.9 Å². The molecule has 1 N–H and O–H groups in total. The summed E-state index contributed by atoms with van der Waals surface area (Å²) in [6, 6.07) is 9.96. The van der Waals surface area contributed by atoms with E-state index < -0.39 is 5.82 Å². The monoisotopic (exact) mass is 313 g/mol. The van der Waals surface area contributed by atoms with E-state index in [2.05, 4.69) is 5.32 Å². The molecule has 0 saturated heterocycles. The van der Waals surface area contributed by atoms with Crippen LogP contribution in [0.25, 0.3) is 0 Å². The molecule has 0 heterocycles. The first-order chi connectivity index (χ1) is 9.52. The van der Waals surface area contributed by atoms with Crippen LogP contribution in [0.1, 0.15) is 18.5 Å². The molecule has 0 radical (unpaired) electrons. The first-order valence-electron chi connectivity index (χ1n) is 6.07. The van der Waals surface area contributed by atoms with Crippen LogP contribution in [-0.4, -0.2) is 7.11 Å². The first kappa shape index (κ1) is 14.9. The summed E-state index contributed by atoms with van der Waals surface area (Å²) in [6.45, 7) is 1.87. The molecule has 0 aliphatic heterocycles. The molecule has 5 heteroatoms. The quantitative estimate of drug-likeness (QED) is 0.772. The highest BCUT2D eigenvalue weighted by atomic mass is 35.5. The van der Waals surface area contributed by atoms with Gasteiger partial charge in [0.05, 0.1) is 18.2 Å². The smallest absolute Gasteiger partial charge is 0.142 e. The third-order valence-electron chi connectivity index (χ3n) is 2.99. The fourth-order valence-corrected chi connectivity index (χ4v) is 2.65. The molecule has 1 unspecified atom stereocenters. The number of benzene rings is 2. The molecule has 1 atom stereocenters. The molecular weight excluding hydrogens is 300 g/mol. The van der Waals surface area contributed by atoms with Crippen LogP contribution in [0, 0.1) is 5.82 Å². The number of anilines is 1. The molecule has 106 valence electrons. The van der Waals surface area contributed by atoms with Crippen LogP contribution in [0.3, 0.4) is 0 Å². The van der Waals surface area contributed by atoms with Gasteiger partial charge in [0, 0.05) is 16.3 Å². The molecule has 2 aromatic carbocycles. The number of ether oxygens (including phenoxy) is 1. The van der Waals surface area contributed by atoms with Gasteiger partial charge in [-0.15, -0.1) is 0 Å². The van der Waals surface area contributed by atoms with E-state index in [9.17, 15) is 4.39 Å². The van der Waals surface area contributed by atoms with Crippen molar-refractivity contribution in [2.75, 3.05) is 12.4 Å². The molecular formula is C15H14Cl2FNO. The Morgan fingerprint density at radius 3 is 2.35 bits per heavy atom. The lowest BCUT2D eigenvalue weighted by atomic mass is 10.1. The van der Waals surface area contributed by atoms with Crippen molar-refractivity contribution in [3.05, 3.63) is 57.8 Å². The van der Waals surface area contributed by atoms with E-state index in [-0.39, 0.29) is 11.1 Å². The highest BCUT2D eigenvalue weighted by molar-refractivity contribution is 6.36.